The van der Waals surface area contributed by atoms with Gasteiger partial charge in [-0.2, -0.15) is 0 Å². The van der Waals surface area contributed by atoms with E-state index in [4.69, 9.17) is 9.05 Å². The summed E-state index contributed by atoms with van der Waals surface area (Å²) in [7, 11) is 0. The Morgan fingerprint density at radius 1 is 0.581 bits per heavy atom. The highest BCUT2D eigenvalue weighted by molar-refractivity contribution is 5.95. The van der Waals surface area contributed by atoms with E-state index in [2.05, 4.69) is 31.1 Å². The lowest BCUT2D eigenvalue weighted by Gasteiger charge is -2.09. The molecule has 2 N–H and O–H groups in total. The Morgan fingerprint density at radius 2 is 1.07 bits per heavy atom. The van der Waals surface area contributed by atoms with Crippen LogP contribution in [0.3, 0.4) is 0 Å². The normalized spacial score (nSPS) is 10.6. The number of rotatable bonds is 8. The summed E-state index contributed by atoms with van der Waals surface area (Å²) in [6.45, 7) is 6.30. The van der Waals surface area contributed by atoms with Crippen LogP contribution in [0.25, 0.3) is 44.5 Å². The van der Waals surface area contributed by atoms with Crippen molar-refractivity contribution in [3.63, 3.8) is 0 Å². The van der Waals surface area contributed by atoms with Gasteiger partial charge in [0, 0.05) is 22.3 Å². The average molecular weight is 581 g/mol. The van der Waals surface area contributed by atoms with E-state index < -0.39 is 0 Å². The van der Waals surface area contributed by atoms with Crippen LogP contribution in [-0.4, -0.2) is 20.5 Å². The highest BCUT2D eigenvalue weighted by Gasteiger charge is 2.19. The molecule has 0 atom stereocenters. The van der Waals surface area contributed by atoms with E-state index in [1.165, 1.54) is 0 Å². The predicted molar refractivity (Wildman–Crippen MR) is 178 cm³/mol. The zero-order valence-corrected chi connectivity index (χ0v) is 23.9. The molecule has 6 heteroatoms. The standard InChI is InChI=1S/C19H21NO2.C16H15NO2.2CH4/c1-3-8-14-12-16-17(13-10-6-5-7-11-13)20-22-19(16)15(9-4-2)18(14)21;1-2-6-12-14(18)10-9-13-15(17-19-16(12)13)11-7-4-3-5-8-11;;/h5-7,10-12,21H,3-4,8-9H2,1-2H3;3-5,7-10,18H,2,6H2,1H3;2*1H4. The fraction of sp³-hybridized carbons (Fsp3) is 0.297. The third-order valence-corrected chi connectivity index (χ3v) is 7.24. The van der Waals surface area contributed by atoms with Gasteiger partial charge in [-0.15, -0.1) is 0 Å². The number of hydrogen-bond acceptors (Lipinski definition) is 6. The van der Waals surface area contributed by atoms with Crippen molar-refractivity contribution in [2.75, 3.05) is 0 Å². The van der Waals surface area contributed by atoms with E-state index in [1.807, 2.05) is 72.8 Å². The molecule has 0 amide bonds. The molecule has 2 heterocycles. The van der Waals surface area contributed by atoms with Crippen LogP contribution in [0.15, 0.2) is 87.9 Å². The van der Waals surface area contributed by atoms with Crippen molar-refractivity contribution in [2.45, 2.75) is 74.1 Å². The summed E-state index contributed by atoms with van der Waals surface area (Å²) in [6.07, 6.45) is 5.35. The quantitative estimate of drug-likeness (QED) is 0.186. The molecule has 0 radical (unpaired) electrons. The van der Waals surface area contributed by atoms with E-state index in [-0.39, 0.29) is 20.6 Å². The Kier molecular flexibility index (Phi) is 11.5. The molecule has 226 valence electrons. The van der Waals surface area contributed by atoms with Gasteiger partial charge in [0.1, 0.15) is 22.9 Å². The van der Waals surface area contributed by atoms with Crippen LogP contribution in [0.5, 0.6) is 11.5 Å². The molecule has 43 heavy (non-hydrogen) atoms. The fourth-order valence-electron chi connectivity index (χ4n) is 5.28. The number of hydrogen-bond donors (Lipinski definition) is 2. The van der Waals surface area contributed by atoms with Crippen LogP contribution >= 0.6 is 0 Å². The predicted octanol–water partition coefficient (Wildman–Crippen LogP) is 10.5. The van der Waals surface area contributed by atoms with Gasteiger partial charge in [0.15, 0.2) is 11.2 Å². The van der Waals surface area contributed by atoms with Crippen molar-refractivity contribution in [1.82, 2.24) is 10.3 Å². The largest absolute Gasteiger partial charge is 0.508 e. The lowest BCUT2D eigenvalue weighted by molar-refractivity contribution is 0.440. The van der Waals surface area contributed by atoms with Gasteiger partial charge < -0.3 is 19.3 Å². The molecule has 2 aromatic heterocycles. The number of aryl methyl sites for hydroxylation is 3. The molecule has 6 rings (SSSR count). The molecule has 0 aliphatic carbocycles. The first-order chi connectivity index (χ1) is 20.1. The lowest BCUT2D eigenvalue weighted by atomic mass is 9.97. The fourth-order valence-corrected chi connectivity index (χ4v) is 5.28. The number of aromatic hydroxyl groups is 2. The van der Waals surface area contributed by atoms with E-state index in [9.17, 15) is 10.2 Å². The van der Waals surface area contributed by atoms with Gasteiger partial charge in [0.2, 0.25) is 0 Å². The van der Waals surface area contributed by atoms with Crippen LogP contribution in [0.1, 0.15) is 71.6 Å². The van der Waals surface area contributed by atoms with Gasteiger partial charge in [-0.25, -0.2) is 0 Å². The minimum atomic E-state index is 0. The molecule has 0 aliphatic rings. The number of nitrogens with zero attached hydrogens (tertiary/aromatic N) is 2. The number of phenolic OH excluding ortho intramolecular Hbond substituents is 2. The second-order valence-electron chi connectivity index (χ2n) is 10.2. The zero-order valence-electron chi connectivity index (χ0n) is 23.9. The second-order valence-corrected chi connectivity index (χ2v) is 10.2. The molecule has 4 aromatic carbocycles. The maximum Gasteiger partial charge on any atom is 0.174 e. The monoisotopic (exact) mass is 580 g/mol. The van der Waals surface area contributed by atoms with Gasteiger partial charge in [-0.1, -0.05) is 126 Å². The Labute approximate surface area is 255 Å². The summed E-state index contributed by atoms with van der Waals surface area (Å²) in [4.78, 5) is 0. The van der Waals surface area contributed by atoms with Crippen molar-refractivity contribution in [3.8, 4) is 34.0 Å². The maximum absolute atomic E-state index is 10.5. The average Bonchev–Trinajstić information content (AvgIpc) is 3.63. The van der Waals surface area contributed by atoms with Gasteiger partial charge in [0.05, 0.1) is 10.8 Å². The first-order valence-corrected chi connectivity index (χ1v) is 14.4. The van der Waals surface area contributed by atoms with Crippen molar-refractivity contribution in [3.05, 3.63) is 95.6 Å². The molecular formula is C37H44N2O4. The third-order valence-electron chi connectivity index (χ3n) is 7.24. The zero-order chi connectivity index (χ0) is 28.8. The van der Waals surface area contributed by atoms with Crippen molar-refractivity contribution >= 4 is 21.9 Å². The summed E-state index contributed by atoms with van der Waals surface area (Å²) in [5, 5.41) is 30.8. The van der Waals surface area contributed by atoms with Crippen LogP contribution in [0, 0.1) is 0 Å². The first kappa shape index (κ1) is 32.9. The molecule has 0 saturated heterocycles. The summed E-state index contributed by atoms with van der Waals surface area (Å²) in [6, 6.07) is 25.6. The van der Waals surface area contributed by atoms with Crippen LogP contribution in [0.2, 0.25) is 0 Å². The van der Waals surface area contributed by atoms with Crippen LogP contribution in [0.4, 0.5) is 0 Å². The number of phenols is 2. The second kappa shape index (κ2) is 15.1. The summed E-state index contributed by atoms with van der Waals surface area (Å²) >= 11 is 0. The Hall–Kier alpha value is -4.58. The maximum atomic E-state index is 10.5. The summed E-state index contributed by atoms with van der Waals surface area (Å²) in [5.41, 5.74) is 7.87. The molecule has 0 fully saturated rings. The van der Waals surface area contributed by atoms with Crippen LogP contribution < -0.4 is 0 Å². The SMILES string of the molecule is C.C.CCCc1c(O)ccc2c(-c3ccccc3)noc12.CCCc1cc2c(-c3ccccc3)noc2c(CCC)c1O. The number of aromatic nitrogens is 2. The molecule has 6 aromatic rings. The highest BCUT2D eigenvalue weighted by Crippen LogP contribution is 2.38. The molecule has 0 unspecified atom stereocenters. The minimum absolute atomic E-state index is 0. The topological polar surface area (TPSA) is 92.5 Å². The van der Waals surface area contributed by atoms with Crippen molar-refractivity contribution < 1.29 is 19.3 Å². The van der Waals surface area contributed by atoms with Gasteiger partial charge >= 0.3 is 0 Å². The highest BCUT2D eigenvalue weighted by atomic mass is 16.5. The number of fused-ring (bicyclic) bond motifs is 2. The molecule has 6 nitrogen and oxygen atoms in total. The van der Waals surface area contributed by atoms with E-state index in [0.717, 1.165) is 94.1 Å². The molecule has 0 saturated carbocycles. The molecule has 0 spiro atoms. The van der Waals surface area contributed by atoms with Crippen molar-refractivity contribution in [1.29, 1.82) is 0 Å². The number of benzene rings is 4. The summed E-state index contributed by atoms with van der Waals surface area (Å²) in [5.74, 6) is 0.664. The molecular weight excluding hydrogens is 536 g/mol. The first-order valence-electron chi connectivity index (χ1n) is 14.4. The van der Waals surface area contributed by atoms with Crippen LogP contribution in [-0.2, 0) is 19.3 Å². The Bertz CT molecular complexity index is 1740. The minimum Gasteiger partial charge on any atom is -0.508 e. The molecule has 0 bridgehead atoms. The Balaban J connectivity index is 0.000000227. The van der Waals surface area contributed by atoms with E-state index in [0.29, 0.717) is 11.3 Å². The smallest absolute Gasteiger partial charge is 0.174 e. The van der Waals surface area contributed by atoms with Gasteiger partial charge in [0.25, 0.3) is 0 Å². The third kappa shape index (κ3) is 6.75. The van der Waals surface area contributed by atoms with Crippen molar-refractivity contribution in [2.24, 2.45) is 0 Å². The van der Waals surface area contributed by atoms with E-state index >= 15 is 0 Å². The van der Waals surface area contributed by atoms with Gasteiger partial charge in [-0.3, -0.25) is 0 Å². The van der Waals surface area contributed by atoms with E-state index in [1.54, 1.807) is 6.07 Å². The lowest BCUT2D eigenvalue weighted by Crippen LogP contribution is -1.93. The summed E-state index contributed by atoms with van der Waals surface area (Å²) < 4.78 is 11.0. The van der Waals surface area contributed by atoms with Gasteiger partial charge in [-0.05, 0) is 43.0 Å². The Morgan fingerprint density at radius 3 is 1.60 bits per heavy atom. The molecule has 0 aliphatic heterocycles.